The number of halogens is 1. The van der Waals surface area contributed by atoms with Gasteiger partial charge in [-0.2, -0.15) is 0 Å². The lowest BCUT2D eigenvalue weighted by atomic mass is 10.2. The largest absolute Gasteiger partial charge is 0.468 e. The van der Waals surface area contributed by atoms with Crippen molar-refractivity contribution in [2.45, 2.75) is 4.90 Å². The zero-order valence-electron chi connectivity index (χ0n) is 14.0. The number of rotatable bonds is 6. The molecule has 0 N–H and O–H groups in total. The van der Waals surface area contributed by atoms with Crippen molar-refractivity contribution in [3.05, 3.63) is 59.9 Å². The van der Waals surface area contributed by atoms with Crippen LogP contribution in [0.3, 0.4) is 0 Å². The van der Waals surface area contributed by atoms with E-state index in [2.05, 4.69) is 9.47 Å². The van der Waals surface area contributed by atoms with E-state index < -0.39 is 34.3 Å². The van der Waals surface area contributed by atoms with Crippen LogP contribution in [0.2, 0.25) is 0 Å². The summed E-state index contributed by atoms with van der Waals surface area (Å²) in [7, 11) is -1.90. The molecule has 0 aliphatic heterocycles. The Morgan fingerprint density at radius 3 is 2.27 bits per heavy atom. The normalized spacial score (nSPS) is 10.9. The van der Waals surface area contributed by atoms with Crippen molar-refractivity contribution >= 4 is 27.6 Å². The van der Waals surface area contributed by atoms with Gasteiger partial charge in [-0.3, -0.25) is 9.10 Å². The lowest BCUT2D eigenvalue weighted by Gasteiger charge is -2.23. The van der Waals surface area contributed by atoms with Crippen molar-refractivity contribution in [1.82, 2.24) is 0 Å². The van der Waals surface area contributed by atoms with Crippen LogP contribution in [-0.4, -0.2) is 41.1 Å². The Labute approximate surface area is 150 Å². The molecule has 138 valence electrons. The molecule has 0 fully saturated rings. The predicted octanol–water partition coefficient (Wildman–Crippen LogP) is 1.98. The summed E-state index contributed by atoms with van der Waals surface area (Å²) in [4.78, 5) is 23.2. The van der Waals surface area contributed by atoms with Crippen molar-refractivity contribution in [2.24, 2.45) is 0 Å². The second kappa shape index (κ2) is 7.96. The molecule has 0 aliphatic rings. The molecule has 0 atom stereocenters. The third-order valence-corrected chi connectivity index (χ3v) is 5.25. The van der Waals surface area contributed by atoms with Crippen LogP contribution in [-0.2, 0) is 24.3 Å². The number of carbonyl (C=O) groups is 2. The van der Waals surface area contributed by atoms with Gasteiger partial charge in [0.2, 0.25) is 0 Å². The standard InChI is InChI=1S/C17H16FNO6S/c1-24-16(20)11-19(14-5-3-4-12(10-14)17(21)25-2)26(22,23)15-8-6-13(18)7-9-15/h3-10H,11H2,1-2H3. The highest BCUT2D eigenvalue weighted by Crippen LogP contribution is 2.25. The van der Waals surface area contributed by atoms with Crippen LogP contribution >= 0.6 is 0 Å². The molecule has 0 aromatic heterocycles. The lowest BCUT2D eigenvalue weighted by Crippen LogP contribution is -2.36. The van der Waals surface area contributed by atoms with E-state index in [4.69, 9.17) is 0 Å². The van der Waals surface area contributed by atoms with Gasteiger partial charge in [-0.1, -0.05) is 6.07 Å². The van der Waals surface area contributed by atoms with Crippen LogP contribution in [0.25, 0.3) is 0 Å². The minimum Gasteiger partial charge on any atom is -0.468 e. The smallest absolute Gasteiger partial charge is 0.337 e. The Balaban J connectivity index is 2.55. The van der Waals surface area contributed by atoms with E-state index in [1.54, 1.807) is 0 Å². The number of hydrogen-bond donors (Lipinski definition) is 0. The fourth-order valence-corrected chi connectivity index (χ4v) is 3.54. The lowest BCUT2D eigenvalue weighted by molar-refractivity contribution is -0.138. The summed E-state index contributed by atoms with van der Waals surface area (Å²) in [5, 5.41) is 0. The van der Waals surface area contributed by atoms with Gasteiger partial charge in [0, 0.05) is 0 Å². The first-order chi connectivity index (χ1) is 12.3. The number of nitrogens with zero attached hydrogens (tertiary/aromatic N) is 1. The molecular weight excluding hydrogens is 365 g/mol. The van der Waals surface area contributed by atoms with Gasteiger partial charge in [0.05, 0.1) is 30.4 Å². The Hall–Kier alpha value is -2.94. The zero-order valence-corrected chi connectivity index (χ0v) is 14.8. The maximum Gasteiger partial charge on any atom is 0.337 e. The minimum absolute atomic E-state index is 0.0580. The molecule has 0 spiro atoms. The summed E-state index contributed by atoms with van der Waals surface area (Å²) in [6.07, 6.45) is 0. The number of methoxy groups -OCH3 is 2. The first-order valence-corrected chi connectivity index (χ1v) is 8.77. The molecule has 9 heteroatoms. The molecule has 0 bridgehead atoms. The van der Waals surface area contributed by atoms with Gasteiger partial charge in [-0.15, -0.1) is 0 Å². The average molecular weight is 381 g/mol. The average Bonchev–Trinajstić information content (AvgIpc) is 2.65. The van der Waals surface area contributed by atoms with Crippen LogP contribution in [0.15, 0.2) is 53.4 Å². The number of ether oxygens (including phenoxy) is 2. The third kappa shape index (κ3) is 4.17. The molecule has 26 heavy (non-hydrogen) atoms. The number of sulfonamides is 1. The molecule has 7 nitrogen and oxygen atoms in total. The number of carbonyl (C=O) groups excluding carboxylic acids is 2. The fourth-order valence-electron chi connectivity index (χ4n) is 2.14. The van der Waals surface area contributed by atoms with E-state index in [1.165, 1.54) is 31.4 Å². The molecule has 0 aliphatic carbocycles. The van der Waals surface area contributed by atoms with Crippen LogP contribution in [0, 0.1) is 5.82 Å². The Kier molecular flexibility index (Phi) is 5.93. The summed E-state index contributed by atoms with van der Waals surface area (Å²) >= 11 is 0. The first-order valence-electron chi connectivity index (χ1n) is 7.33. The van der Waals surface area contributed by atoms with E-state index in [9.17, 15) is 22.4 Å². The van der Waals surface area contributed by atoms with Crippen molar-refractivity contribution in [3.8, 4) is 0 Å². The van der Waals surface area contributed by atoms with Gasteiger partial charge in [-0.05, 0) is 42.5 Å². The Bertz CT molecular complexity index is 911. The van der Waals surface area contributed by atoms with Gasteiger partial charge in [-0.25, -0.2) is 17.6 Å². The van der Waals surface area contributed by atoms with Gasteiger partial charge in [0.1, 0.15) is 12.4 Å². The van der Waals surface area contributed by atoms with E-state index in [-0.39, 0.29) is 16.1 Å². The molecular formula is C17H16FNO6S. The van der Waals surface area contributed by atoms with Crippen LogP contribution in [0.4, 0.5) is 10.1 Å². The van der Waals surface area contributed by atoms with Crippen molar-refractivity contribution in [2.75, 3.05) is 25.1 Å². The Morgan fingerprint density at radius 2 is 1.69 bits per heavy atom. The molecule has 2 aromatic rings. The quantitative estimate of drug-likeness (QED) is 0.711. The van der Waals surface area contributed by atoms with E-state index >= 15 is 0 Å². The van der Waals surface area contributed by atoms with Gasteiger partial charge < -0.3 is 9.47 Å². The van der Waals surface area contributed by atoms with Gasteiger partial charge in [0.25, 0.3) is 10.0 Å². The van der Waals surface area contributed by atoms with E-state index in [1.807, 2.05) is 0 Å². The van der Waals surface area contributed by atoms with Crippen LogP contribution < -0.4 is 4.31 Å². The second-order valence-electron chi connectivity index (χ2n) is 5.08. The molecule has 0 saturated heterocycles. The number of anilines is 1. The molecule has 0 amide bonds. The van der Waals surface area contributed by atoms with Crippen LogP contribution in [0.5, 0.6) is 0 Å². The minimum atomic E-state index is -4.21. The summed E-state index contributed by atoms with van der Waals surface area (Å²) in [5.74, 6) is -2.07. The fraction of sp³-hybridized carbons (Fsp3) is 0.176. The summed E-state index contributed by atoms with van der Waals surface area (Å²) in [6.45, 7) is -0.624. The van der Waals surface area contributed by atoms with Crippen LogP contribution in [0.1, 0.15) is 10.4 Å². The molecule has 0 radical (unpaired) electrons. The third-order valence-electron chi connectivity index (χ3n) is 3.46. The second-order valence-corrected chi connectivity index (χ2v) is 6.95. The highest BCUT2D eigenvalue weighted by Gasteiger charge is 2.28. The Morgan fingerprint density at radius 1 is 1.04 bits per heavy atom. The maximum absolute atomic E-state index is 13.1. The highest BCUT2D eigenvalue weighted by molar-refractivity contribution is 7.92. The number of benzene rings is 2. The SMILES string of the molecule is COC(=O)CN(c1cccc(C(=O)OC)c1)S(=O)(=O)c1ccc(F)cc1. The molecule has 0 saturated carbocycles. The summed E-state index contributed by atoms with van der Waals surface area (Å²) < 4.78 is 48.9. The van der Waals surface area contributed by atoms with Crippen molar-refractivity contribution in [3.63, 3.8) is 0 Å². The maximum atomic E-state index is 13.1. The summed E-state index contributed by atoms with van der Waals surface area (Å²) in [6, 6.07) is 9.73. The van der Waals surface area contributed by atoms with E-state index in [0.717, 1.165) is 35.7 Å². The zero-order chi connectivity index (χ0) is 19.3. The van der Waals surface area contributed by atoms with E-state index in [0.29, 0.717) is 0 Å². The van der Waals surface area contributed by atoms with Gasteiger partial charge in [0.15, 0.2) is 0 Å². The monoisotopic (exact) mass is 381 g/mol. The topological polar surface area (TPSA) is 90.0 Å². The summed E-state index contributed by atoms with van der Waals surface area (Å²) in [5.41, 5.74) is 0.164. The van der Waals surface area contributed by atoms with Crippen molar-refractivity contribution < 1.29 is 31.9 Å². The first kappa shape index (κ1) is 19.4. The molecule has 0 heterocycles. The molecule has 0 unspecified atom stereocenters. The molecule has 2 rings (SSSR count). The predicted molar refractivity (Wildman–Crippen MR) is 90.7 cm³/mol. The number of esters is 2. The van der Waals surface area contributed by atoms with Gasteiger partial charge >= 0.3 is 11.9 Å². The van der Waals surface area contributed by atoms with Crippen molar-refractivity contribution in [1.29, 1.82) is 0 Å². The molecule has 2 aromatic carbocycles. The highest BCUT2D eigenvalue weighted by atomic mass is 32.2. The number of hydrogen-bond acceptors (Lipinski definition) is 6.